The molecule has 7 aliphatic rings. The fraction of sp³-hybridized carbons (Fsp3) is 0.879. The van der Waals surface area contributed by atoms with Crippen LogP contribution < -0.4 is 10.6 Å². The van der Waals surface area contributed by atoms with E-state index in [1.165, 1.54) is 89.9 Å². The second kappa shape index (κ2) is 10.7. The van der Waals surface area contributed by atoms with Gasteiger partial charge in [0.2, 0.25) is 0 Å². The van der Waals surface area contributed by atoms with Crippen LogP contribution in [0.4, 0.5) is 0 Å². The molecule has 0 aromatic heterocycles. The van der Waals surface area contributed by atoms with Gasteiger partial charge < -0.3 is 10.6 Å². The van der Waals surface area contributed by atoms with Gasteiger partial charge in [-0.2, -0.15) is 0 Å². The van der Waals surface area contributed by atoms with Gasteiger partial charge in [-0.3, -0.25) is 0 Å². The van der Waals surface area contributed by atoms with Crippen molar-refractivity contribution in [1.82, 2.24) is 10.6 Å². The summed E-state index contributed by atoms with van der Waals surface area (Å²) in [5.74, 6) is 3.82. The van der Waals surface area contributed by atoms with Gasteiger partial charge in [-0.05, 0) is 117 Å². The Bertz CT molecular complexity index is 964. The Labute approximate surface area is 248 Å². The highest BCUT2D eigenvalue weighted by Gasteiger charge is 2.63. The van der Waals surface area contributed by atoms with Crippen molar-refractivity contribution in [2.24, 2.45) is 29.1 Å². The second-order valence-electron chi connectivity index (χ2n) is 17.0. The summed E-state index contributed by atoms with van der Waals surface area (Å²) in [6, 6.07) is 1.14. The molecule has 4 saturated carbocycles. The largest absolute Gasteiger partial charge is 0.313 e. The molecule has 4 bridgehead atoms. The molecule has 0 aromatic carbocycles. The van der Waals surface area contributed by atoms with Crippen molar-refractivity contribution in [2.45, 2.75) is 133 Å². The van der Waals surface area contributed by atoms with Crippen LogP contribution in [0.2, 0.25) is 44.8 Å². The molecule has 0 spiro atoms. The molecule has 6 fully saturated rings. The molecule has 8 unspecified atom stereocenters. The summed E-state index contributed by atoms with van der Waals surface area (Å²) in [6.07, 6.45) is 20.0. The van der Waals surface area contributed by atoms with Crippen LogP contribution in [-0.4, -0.2) is 52.6 Å². The maximum Gasteiger partial charge on any atom is 0.0728 e. The van der Waals surface area contributed by atoms with Crippen LogP contribution in [0.15, 0.2) is 22.4 Å². The molecule has 2 saturated heterocycles. The van der Waals surface area contributed by atoms with E-state index in [1.54, 1.807) is 0 Å². The molecule has 2 heterocycles. The van der Waals surface area contributed by atoms with Crippen LogP contribution in [0.25, 0.3) is 0 Å². The zero-order valence-electron chi connectivity index (χ0n) is 26.2. The number of hydrogen-bond acceptors (Lipinski definition) is 2. The van der Waals surface area contributed by atoms with Gasteiger partial charge in [-0.25, -0.2) is 0 Å². The number of piperidine rings is 2. The lowest BCUT2D eigenvalue weighted by molar-refractivity contribution is -0.0793. The SMILES string of the molecule is C[Si](C)(C)C1=CC(C(P)(C2CCCCN2)C2CCCCN2)=C(C23CC4CC(CC(C4)C2CP)C3)C1[Si](C)(C)C. The summed E-state index contributed by atoms with van der Waals surface area (Å²) in [5, 5.41) is 10.3. The third kappa shape index (κ3) is 4.94. The van der Waals surface area contributed by atoms with E-state index in [0.29, 0.717) is 17.5 Å². The first kappa shape index (κ1) is 29.8. The first-order chi connectivity index (χ1) is 18.4. The van der Waals surface area contributed by atoms with Crippen molar-refractivity contribution in [3.05, 3.63) is 22.4 Å². The molecular formula is C33H60N2P2Si2. The average molecular weight is 603 g/mol. The van der Waals surface area contributed by atoms with E-state index in [-0.39, 0.29) is 5.16 Å². The molecule has 5 aliphatic carbocycles. The smallest absolute Gasteiger partial charge is 0.0728 e. The van der Waals surface area contributed by atoms with E-state index in [2.05, 4.69) is 74.5 Å². The Morgan fingerprint density at radius 3 is 1.87 bits per heavy atom. The normalized spacial score (nSPS) is 42.6. The summed E-state index contributed by atoms with van der Waals surface area (Å²) in [7, 11) is 3.92. The third-order valence-corrected chi connectivity index (χ3v) is 18.9. The molecule has 6 heteroatoms. The Kier molecular flexibility index (Phi) is 8.16. The van der Waals surface area contributed by atoms with Gasteiger partial charge in [0.05, 0.1) is 16.1 Å². The maximum absolute atomic E-state index is 4.15. The predicted octanol–water partition coefficient (Wildman–Crippen LogP) is 8.02. The van der Waals surface area contributed by atoms with Crippen molar-refractivity contribution in [3.63, 3.8) is 0 Å². The van der Waals surface area contributed by atoms with Crippen molar-refractivity contribution in [1.29, 1.82) is 0 Å². The standard InChI is InChI=1S/C33H60N2P2Si2/c1-38(2,3)27-18-25(33(37,28-11-7-9-13-34-28)29-12-8-10-14-35-29)30(31(27)39(4,5)6)32-19-22-15-23(20-32)17-24(16-22)26(32)21-36/h18,22-24,26,28-29,31,34-35H,7-17,19-21,36-37H2,1-6H3. The topological polar surface area (TPSA) is 24.1 Å². The Balaban J connectivity index is 1.62. The van der Waals surface area contributed by atoms with Crippen molar-refractivity contribution in [3.8, 4) is 0 Å². The van der Waals surface area contributed by atoms with Crippen LogP contribution in [-0.2, 0) is 0 Å². The van der Waals surface area contributed by atoms with Crippen molar-refractivity contribution >= 4 is 34.6 Å². The van der Waals surface area contributed by atoms with Gasteiger partial charge in [-0.1, -0.05) is 69.0 Å². The molecule has 8 atom stereocenters. The number of hydrogen-bond donors (Lipinski definition) is 2. The fourth-order valence-electron chi connectivity index (χ4n) is 11.2. The van der Waals surface area contributed by atoms with Gasteiger partial charge in [0.15, 0.2) is 0 Å². The van der Waals surface area contributed by atoms with E-state index in [1.807, 2.05) is 16.3 Å². The lowest BCUT2D eigenvalue weighted by atomic mass is 9.43. The molecule has 0 radical (unpaired) electrons. The van der Waals surface area contributed by atoms with E-state index >= 15 is 0 Å². The Hall–Kier alpha value is 0.694. The highest BCUT2D eigenvalue weighted by Crippen LogP contribution is 2.71. The van der Waals surface area contributed by atoms with Gasteiger partial charge in [-0.15, -0.1) is 18.5 Å². The monoisotopic (exact) mass is 602 g/mol. The summed E-state index contributed by atoms with van der Waals surface area (Å²) in [4.78, 5) is 0. The molecular weight excluding hydrogens is 542 g/mol. The summed E-state index contributed by atoms with van der Waals surface area (Å²) < 4.78 is 0. The van der Waals surface area contributed by atoms with Crippen LogP contribution in [0.3, 0.4) is 0 Å². The lowest BCUT2D eigenvalue weighted by Crippen LogP contribution is -2.62. The van der Waals surface area contributed by atoms with Crippen LogP contribution >= 0.6 is 18.5 Å². The fourth-order valence-corrected chi connectivity index (χ4v) is 19.4. The molecule has 39 heavy (non-hydrogen) atoms. The average Bonchev–Trinajstić information content (AvgIpc) is 3.33. The van der Waals surface area contributed by atoms with Crippen molar-refractivity contribution < 1.29 is 0 Å². The molecule has 2 aliphatic heterocycles. The highest BCUT2D eigenvalue weighted by atomic mass is 31.0. The predicted molar refractivity (Wildman–Crippen MR) is 183 cm³/mol. The first-order valence-electron chi connectivity index (χ1n) is 16.8. The van der Waals surface area contributed by atoms with E-state index < -0.39 is 16.1 Å². The minimum Gasteiger partial charge on any atom is -0.313 e. The summed E-state index contributed by atoms with van der Waals surface area (Å²) >= 11 is 0. The zero-order valence-corrected chi connectivity index (χ0v) is 30.5. The van der Waals surface area contributed by atoms with Crippen molar-refractivity contribution in [2.75, 3.05) is 19.3 Å². The lowest BCUT2D eigenvalue weighted by Gasteiger charge is -2.64. The quantitative estimate of drug-likeness (QED) is 0.228. The number of rotatable bonds is 7. The second-order valence-corrected chi connectivity index (χ2v) is 28.8. The Morgan fingerprint density at radius 1 is 0.872 bits per heavy atom. The van der Waals surface area contributed by atoms with Crippen LogP contribution in [0, 0.1) is 29.1 Å². The summed E-state index contributed by atoms with van der Waals surface area (Å²) in [6.45, 7) is 18.6. The first-order valence-corrected chi connectivity index (χ1v) is 25.3. The molecule has 0 amide bonds. The van der Waals surface area contributed by atoms with E-state index in [4.69, 9.17) is 0 Å². The van der Waals surface area contributed by atoms with Crippen LogP contribution in [0.1, 0.15) is 70.6 Å². The van der Waals surface area contributed by atoms with Gasteiger partial charge >= 0.3 is 0 Å². The third-order valence-electron chi connectivity index (χ3n) is 12.5. The van der Waals surface area contributed by atoms with Gasteiger partial charge in [0.25, 0.3) is 0 Å². The Morgan fingerprint density at radius 2 is 1.44 bits per heavy atom. The minimum absolute atomic E-state index is 0.101. The number of nitrogens with one attached hydrogen (secondary N) is 2. The summed E-state index contributed by atoms with van der Waals surface area (Å²) in [5.41, 5.74) is 5.09. The zero-order chi connectivity index (χ0) is 27.8. The van der Waals surface area contributed by atoms with E-state index in [0.717, 1.165) is 29.2 Å². The molecule has 7 rings (SSSR count). The molecule has 220 valence electrons. The van der Waals surface area contributed by atoms with E-state index in [9.17, 15) is 0 Å². The minimum atomic E-state index is -1.52. The molecule has 0 aromatic rings. The van der Waals surface area contributed by atoms with Crippen LogP contribution in [0.5, 0.6) is 0 Å². The maximum atomic E-state index is 4.15. The molecule has 2 N–H and O–H groups in total. The number of allylic oxidation sites excluding steroid dienone is 3. The highest BCUT2D eigenvalue weighted by molar-refractivity contribution is 7.19. The van der Waals surface area contributed by atoms with Gasteiger partial charge in [0, 0.05) is 17.2 Å². The van der Waals surface area contributed by atoms with Gasteiger partial charge in [0.1, 0.15) is 0 Å². The molecule has 2 nitrogen and oxygen atoms in total.